The summed E-state index contributed by atoms with van der Waals surface area (Å²) in [6.45, 7) is 2.11. The number of anilines is 1. The number of nitriles is 1. The van der Waals surface area contributed by atoms with Gasteiger partial charge < -0.3 is 15.7 Å². The highest BCUT2D eigenvalue weighted by Gasteiger charge is 2.19. The number of benzene rings is 2. The second kappa shape index (κ2) is 9.07. The van der Waals surface area contributed by atoms with Gasteiger partial charge in [0.25, 0.3) is 0 Å². The molecular formula is C24H22N6O3S. The Morgan fingerprint density at radius 3 is 2.59 bits per heavy atom. The Labute approximate surface area is 197 Å². The third-order valence-electron chi connectivity index (χ3n) is 5.48. The van der Waals surface area contributed by atoms with Crippen LogP contribution in [0.25, 0.3) is 16.8 Å². The van der Waals surface area contributed by atoms with Crippen LogP contribution in [0.15, 0.2) is 71.8 Å². The molecule has 1 unspecified atom stereocenters. The van der Waals surface area contributed by atoms with Crippen molar-refractivity contribution in [2.75, 3.05) is 5.73 Å². The van der Waals surface area contributed by atoms with Crippen LogP contribution in [0.3, 0.4) is 0 Å². The quantitative estimate of drug-likeness (QED) is 0.508. The van der Waals surface area contributed by atoms with Crippen LogP contribution in [0.1, 0.15) is 22.4 Å². The molecule has 3 aromatic rings. The smallest absolute Gasteiger partial charge is 0.238 e. The van der Waals surface area contributed by atoms with Gasteiger partial charge in [-0.15, -0.1) is 0 Å². The number of rotatable bonds is 5. The molecule has 1 aliphatic rings. The first-order valence-corrected chi connectivity index (χ1v) is 11.8. The van der Waals surface area contributed by atoms with Crippen LogP contribution >= 0.6 is 0 Å². The summed E-state index contributed by atoms with van der Waals surface area (Å²) in [4.78, 5) is 10.3. The fraction of sp³-hybridized carbons (Fsp3) is 0.125. The molecule has 9 nitrogen and oxygen atoms in total. The summed E-state index contributed by atoms with van der Waals surface area (Å²) in [5.41, 5.74) is 10.5. The summed E-state index contributed by atoms with van der Waals surface area (Å²) >= 11 is 0. The third-order valence-corrected chi connectivity index (χ3v) is 6.39. The molecule has 2 aromatic carbocycles. The van der Waals surface area contributed by atoms with Gasteiger partial charge in [-0.1, -0.05) is 24.3 Å². The second-order valence-electron chi connectivity index (χ2n) is 7.80. The zero-order valence-electron chi connectivity index (χ0n) is 18.3. The molecule has 0 spiro atoms. The van der Waals surface area contributed by atoms with E-state index in [1.165, 1.54) is 12.1 Å². The lowest BCUT2D eigenvalue weighted by Gasteiger charge is -2.28. The minimum Gasteiger partial charge on any atom is -0.370 e. The van der Waals surface area contributed by atoms with Crippen LogP contribution in [-0.4, -0.2) is 34.6 Å². The Morgan fingerprint density at radius 2 is 1.88 bits per heavy atom. The van der Waals surface area contributed by atoms with Crippen molar-refractivity contribution in [2.24, 2.45) is 5.14 Å². The Kier molecular flexibility index (Phi) is 6.17. The molecule has 0 saturated carbocycles. The van der Waals surface area contributed by atoms with Gasteiger partial charge in [0.15, 0.2) is 0 Å². The maximum absolute atomic E-state index is 11.6. The van der Waals surface area contributed by atoms with Crippen molar-refractivity contribution < 1.29 is 13.5 Å². The molecule has 4 rings (SSSR count). The molecule has 0 amide bonds. The summed E-state index contributed by atoms with van der Waals surface area (Å²) in [7, 11) is -3.82. The Balaban J connectivity index is 1.60. The zero-order chi connectivity index (χ0) is 24.5. The molecule has 0 fully saturated rings. The molecule has 0 radical (unpaired) electrons. The maximum Gasteiger partial charge on any atom is 0.238 e. The van der Waals surface area contributed by atoms with E-state index in [0.29, 0.717) is 28.1 Å². The molecular weight excluding hydrogens is 452 g/mol. The first-order chi connectivity index (χ1) is 16.2. The number of allylic oxidation sites excluding steroid dienone is 2. The summed E-state index contributed by atoms with van der Waals surface area (Å²) in [5, 5.41) is 25.2. The van der Waals surface area contributed by atoms with E-state index in [1.807, 2.05) is 13.0 Å². The summed E-state index contributed by atoms with van der Waals surface area (Å²) in [5.74, 6) is 0.0697. The lowest BCUT2D eigenvalue weighted by Crippen LogP contribution is -2.30. The van der Waals surface area contributed by atoms with Crippen LogP contribution in [0, 0.1) is 18.3 Å². The van der Waals surface area contributed by atoms with Crippen molar-refractivity contribution in [3.05, 3.63) is 89.3 Å². The van der Waals surface area contributed by atoms with Gasteiger partial charge in [-0.25, -0.2) is 23.5 Å². The van der Waals surface area contributed by atoms with E-state index in [1.54, 1.807) is 53.6 Å². The average Bonchev–Trinajstić information content (AvgIpc) is 2.80. The molecule has 172 valence electrons. The second-order valence-corrected chi connectivity index (χ2v) is 9.36. The van der Waals surface area contributed by atoms with Gasteiger partial charge in [0, 0.05) is 23.9 Å². The van der Waals surface area contributed by atoms with E-state index in [9.17, 15) is 18.8 Å². The minimum atomic E-state index is -3.82. The molecule has 0 saturated heterocycles. The molecule has 5 N–H and O–H groups in total. The first-order valence-electron chi connectivity index (χ1n) is 10.3. The highest BCUT2D eigenvalue weighted by molar-refractivity contribution is 7.89. The predicted octanol–water partition coefficient (Wildman–Crippen LogP) is 2.28. The Bertz CT molecular complexity index is 1470. The van der Waals surface area contributed by atoms with Crippen molar-refractivity contribution >= 4 is 21.5 Å². The minimum absolute atomic E-state index is 0.0106. The van der Waals surface area contributed by atoms with Gasteiger partial charge in [-0.3, -0.25) is 0 Å². The number of primary sulfonamides is 1. The highest BCUT2D eigenvalue weighted by atomic mass is 32.2. The fourth-order valence-electron chi connectivity index (χ4n) is 3.71. The van der Waals surface area contributed by atoms with Crippen LogP contribution in [0.4, 0.5) is 5.95 Å². The molecule has 1 aliphatic heterocycles. The van der Waals surface area contributed by atoms with Gasteiger partial charge >= 0.3 is 0 Å². The number of aromatic nitrogens is 2. The topological polar surface area (TPSA) is 159 Å². The monoisotopic (exact) mass is 474 g/mol. The number of nitrogen functional groups attached to an aromatic ring is 1. The van der Waals surface area contributed by atoms with E-state index >= 15 is 0 Å². The normalized spacial score (nSPS) is 15.6. The molecule has 10 heteroatoms. The number of nitrogens with two attached hydrogens (primary N) is 2. The van der Waals surface area contributed by atoms with Crippen LogP contribution < -0.4 is 10.9 Å². The SMILES string of the molecule is Cc1c(C#N)cccc1-c1cc(C2=CC(O)N(Cc3cccc(S(N)(=O)=O)c3)C=C2)nc(N)n1. The largest absolute Gasteiger partial charge is 0.370 e. The summed E-state index contributed by atoms with van der Waals surface area (Å²) < 4.78 is 23.2. The van der Waals surface area contributed by atoms with Crippen molar-refractivity contribution in [3.8, 4) is 17.3 Å². The van der Waals surface area contributed by atoms with Gasteiger partial charge in [0.1, 0.15) is 6.23 Å². The average molecular weight is 475 g/mol. The van der Waals surface area contributed by atoms with Gasteiger partial charge in [-0.2, -0.15) is 5.26 Å². The predicted molar refractivity (Wildman–Crippen MR) is 128 cm³/mol. The van der Waals surface area contributed by atoms with Gasteiger partial charge in [0.05, 0.1) is 27.9 Å². The number of sulfonamides is 1. The van der Waals surface area contributed by atoms with Crippen LogP contribution in [0.5, 0.6) is 0 Å². The van der Waals surface area contributed by atoms with E-state index in [-0.39, 0.29) is 17.4 Å². The first kappa shape index (κ1) is 23.1. The maximum atomic E-state index is 11.6. The van der Waals surface area contributed by atoms with Crippen molar-refractivity contribution in [1.29, 1.82) is 5.26 Å². The molecule has 2 heterocycles. The lowest BCUT2D eigenvalue weighted by atomic mass is 9.99. The van der Waals surface area contributed by atoms with E-state index < -0.39 is 16.3 Å². The standard InChI is InChI=1S/C24H22N6O3S/c1-15-18(13-25)5-3-7-20(15)22-12-21(28-24(26)29-22)17-8-9-30(23(31)11-17)14-16-4-2-6-19(10-16)34(27,32)33/h2-12,23,31H,14H2,1H3,(H2,26,28,29)(H2,27,32,33). The zero-order valence-corrected chi connectivity index (χ0v) is 19.1. The number of hydrogen-bond acceptors (Lipinski definition) is 8. The fourth-order valence-corrected chi connectivity index (χ4v) is 4.29. The molecule has 34 heavy (non-hydrogen) atoms. The van der Waals surface area contributed by atoms with Crippen molar-refractivity contribution in [1.82, 2.24) is 14.9 Å². The van der Waals surface area contributed by atoms with E-state index in [0.717, 1.165) is 11.1 Å². The Hall–Kier alpha value is -4.04. The van der Waals surface area contributed by atoms with Crippen LogP contribution in [0.2, 0.25) is 0 Å². The van der Waals surface area contributed by atoms with E-state index in [4.69, 9.17) is 10.9 Å². The number of nitrogens with zero attached hydrogens (tertiary/aromatic N) is 4. The van der Waals surface area contributed by atoms with Crippen molar-refractivity contribution in [2.45, 2.75) is 24.6 Å². The molecule has 1 atom stereocenters. The number of aliphatic hydroxyl groups excluding tert-OH is 1. The number of hydrogen-bond donors (Lipinski definition) is 3. The number of aliphatic hydroxyl groups is 1. The molecule has 1 aromatic heterocycles. The lowest BCUT2D eigenvalue weighted by molar-refractivity contribution is 0.0729. The van der Waals surface area contributed by atoms with E-state index in [2.05, 4.69) is 16.0 Å². The van der Waals surface area contributed by atoms with Gasteiger partial charge in [0.2, 0.25) is 16.0 Å². The summed E-state index contributed by atoms with van der Waals surface area (Å²) in [6.07, 6.45) is 4.11. The summed E-state index contributed by atoms with van der Waals surface area (Å²) in [6, 6.07) is 15.6. The van der Waals surface area contributed by atoms with Crippen LogP contribution in [-0.2, 0) is 16.6 Å². The third kappa shape index (κ3) is 4.82. The molecule has 0 aliphatic carbocycles. The van der Waals surface area contributed by atoms with Crippen molar-refractivity contribution in [3.63, 3.8) is 0 Å². The Morgan fingerprint density at radius 1 is 1.15 bits per heavy atom. The highest BCUT2D eigenvalue weighted by Crippen LogP contribution is 2.29. The molecule has 0 bridgehead atoms. The van der Waals surface area contributed by atoms with Gasteiger partial charge in [-0.05, 0) is 54.5 Å².